The van der Waals surface area contributed by atoms with Crippen LogP contribution in [0.4, 0.5) is 0 Å². The van der Waals surface area contributed by atoms with E-state index in [1.165, 1.54) is 42.9 Å². The average molecular weight is 681 g/mol. The van der Waals surface area contributed by atoms with Gasteiger partial charge in [0.05, 0.1) is 28.4 Å². The monoisotopic (exact) mass is 680 g/mol. The van der Waals surface area contributed by atoms with Crippen molar-refractivity contribution in [2.75, 3.05) is 28.4 Å². The summed E-state index contributed by atoms with van der Waals surface area (Å²) < 4.78 is 21.9. The highest BCUT2D eigenvalue weighted by molar-refractivity contribution is 5.85. The molecular weight excluding hydrogens is 632 g/mol. The lowest BCUT2D eigenvalue weighted by Gasteiger charge is -2.32. The Morgan fingerprint density at radius 2 is 1.08 bits per heavy atom. The second-order valence-electron chi connectivity index (χ2n) is 14.0. The Hall–Kier alpha value is -4.72. The van der Waals surface area contributed by atoms with Gasteiger partial charge in [0, 0.05) is 22.3 Å². The van der Waals surface area contributed by atoms with E-state index in [1.807, 2.05) is 18.2 Å². The van der Waals surface area contributed by atoms with Crippen LogP contribution in [0.2, 0.25) is 0 Å². The summed E-state index contributed by atoms with van der Waals surface area (Å²) >= 11 is 0. The maximum Gasteiger partial charge on any atom is 0.203 e. The summed E-state index contributed by atoms with van der Waals surface area (Å²) in [7, 11) is 6.21. The molecule has 4 aliphatic carbocycles. The fraction of sp³-hybridized carbons (Fsp3) is 0.429. The molecule has 4 aromatic carbocycles. The van der Waals surface area contributed by atoms with Gasteiger partial charge >= 0.3 is 0 Å². The Kier molecular flexibility index (Phi) is 9.38. The van der Waals surface area contributed by atoms with Crippen LogP contribution in [0.25, 0.3) is 22.3 Å². The molecule has 0 aliphatic heterocycles. The number of rotatable bonds is 4. The molecule has 4 aromatic rings. The van der Waals surface area contributed by atoms with Gasteiger partial charge in [-0.15, -0.1) is 0 Å². The van der Waals surface area contributed by atoms with Crippen molar-refractivity contribution in [1.29, 1.82) is 0 Å². The lowest BCUT2D eigenvalue weighted by Crippen LogP contribution is -2.14. The van der Waals surface area contributed by atoms with Crippen molar-refractivity contribution in [1.82, 2.24) is 0 Å². The van der Waals surface area contributed by atoms with Crippen LogP contribution in [0.15, 0.2) is 36.4 Å². The number of benzene rings is 4. The SMILES string of the molecule is COc1c2cc(c(O)c1OC)CCCCC1CCc3ccc(O)c-2c31.COc1cc2c(c(O)c1OC)CCCC1CCCc3ccc(O)c-2c31. The predicted octanol–water partition coefficient (Wildman–Crippen LogP) is 9.08. The minimum absolute atomic E-state index is 0.128. The molecule has 0 saturated heterocycles. The summed E-state index contributed by atoms with van der Waals surface area (Å²) in [6.07, 6.45) is 12.5. The number of fused-ring (bicyclic) bond motifs is 5. The lowest BCUT2D eigenvalue weighted by atomic mass is 9.73. The second-order valence-corrected chi connectivity index (χ2v) is 14.0. The molecule has 0 heterocycles. The summed E-state index contributed by atoms with van der Waals surface area (Å²) in [5.74, 6) is 3.46. The molecule has 0 radical (unpaired) electrons. The first-order valence-electron chi connectivity index (χ1n) is 17.9. The van der Waals surface area contributed by atoms with Crippen LogP contribution in [0, 0.1) is 0 Å². The van der Waals surface area contributed by atoms with Gasteiger partial charge in [-0.2, -0.15) is 0 Å². The van der Waals surface area contributed by atoms with Crippen LogP contribution in [-0.4, -0.2) is 48.9 Å². The predicted molar refractivity (Wildman–Crippen MR) is 194 cm³/mol. The third-order valence-electron chi connectivity index (χ3n) is 11.4. The summed E-state index contributed by atoms with van der Waals surface area (Å²) in [6, 6.07) is 11.5. The molecule has 8 nitrogen and oxygen atoms in total. The standard InChI is InChI=1S/2C21H24O4/c1-24-17-11-15-14(20(23)21(17)25-2)8-4-7-12-5-3-6-13-9-10-16(22)19(15)18(12)13;1-24-20-15-11-14(19(23)21(20)25-2)6-4-3-5-12-7-8-13-9-10-16(22)18(15)17(12)13/h2*9-12,22-23H,3-8H2,1-2H3. The fourth-order valence-corrected chi connectivity index (χ4v) is 9.15. The van der Waals surface area contributed by atoms with Crippen molar-refractivity contribution in [3.05, 3.63) is 69.8 Å². The minimum atomic E-state index is 0.128. The van der Waals surface area contributed by atoms with Crippen molar-refractivity contribution >= 4 is 0 Å². The number of phenols is 4. The summed E-state index contributed by atoms with van der Waals surface area (Å²) in [5.41, 5.74) is 10.2. The Labute approximate surface area is 294 Å². The third kappa shape index (κ3) is 5.62. The van der Waals surface area contributed by atoms with Crippen molar-refractivity contribution < 1.29 is 39.4 Å². The topological polar surface area (TPSA) is 118 Å². The molecule has 0 spiro atoms. The van der Waals surface area contributed by atoms with Gasteiger partial charge in [0.15, 0.2) is 23.0 Å². The lowest BCUT2D eigenvalue weighted by molar-refractivity contribution is 0.331. The van der Waals surface area contributed by atoms with Crippen LogP contribution < -0.4 is 18.9 Å². The summed E-state index contributed by atoms with van der Waals surface area (Å²) in [4.78, 5) is 0. The zero-order valence-corrected chi connectivity index (χ0v) is 29.5. The molecule has 4 aliphatic rings. The fourth-order valence-electron chi connectivity index (χ4n) is 9.15. The number of hydrogen-bond acceptors (Lipinski definition) is 8. The maximum atomic E-state index is 10.8. The van der Waals surface area contributed by atoms with E-state index in [0.29, 0.717) is 34.8 Å². The molecule has 4 N–H and O–H groups in total. The van der Waals surface area contributed by atoms with Crippen LogP contribution in [0.5, 0.6) is 46.0 Å². The van der Waals surface area contributed by atoms with Gasteiger partial charge in [0.2, 0.25) is 11.5 Å². The summed E-state index contributed by atoms with van der Waals surface area (Å²) in [5, 5.41) is 42.8. The van der Waals surface area contributed by atoms with Gasteiger partial charge < -0.3 is 39.4 Å². The summed E-state index contributed by atoms with van der Waals surface area (Å²) in [6.45, 7) is 0. The first-order valence-corrected chi connectivity index (χ1v) is 17.9. The molecule has 2 unspecified atom stereocenters. The number of aromatic hydroxyl groups is 4. The highest BCUT2D eigenvalue weighted by Crippen LogP contribution is 2.55. The van der Waals surface area contributed by atoms with Crippen molar-refractivity contribution in [2.45, 2.75) is 88.9 Å². The van der Waals surface area contributed by atoms with Crippen molar-refractivity contribution in [3.8, 4) is 68.2 Å². The number of hydrogen-bond donors (Lipinski definition) is 4. The van der Waals surface area contributed by atoms with Crippen LogP contribution in [0.1, 0.15) is 96.6 Å². The zero-order chi connectivity index (χ0) is 35.1. The number of phenolic OH excluding ortho intramolecular Hbond substituents is 4. The third-order valence-corrected chi connectivity index (χ3v) is 11.4. The molecule has 0 aromatic heterocycles. The van der Waals surface area contributed by atoms with E-state index in [0.717, 1.165) is 104 Å². The zero-order valence-electron chi connectivity index (χ0n) is 29.5. The second kappa shape index (κ2) is 13.9. The molecule has 0 amide bonds. The normalized spacial score (nSPS) is 18.6. The maximum absolute atomic E-state index is 10.8. The molecule has 8 rings (SSSR count). The molecule has 264 valence electrons. The van der Waals surface area contributed by atoms with Gasteiger partial charge in [-0.3, -0.25) is 0 Å². The van der Waals surface area contributed by atoms with Crippen LogP contribution in [-0.2, 0) is 25.7 Å². The van der Waals surface area contributed by atoms with Crippen LogP contribution >= 0.6 is 0 Å². The first-order chi connectivity index (χ1) is 24.3. The molecule has 2 bridgehead atoms. The quantitative estimate of drug-likeness (QED) is 0.169. The van der Waals surface area contributed by atoms with Crippen molar-refractivity contribution in [3.63, 3.8) is 0 Å². The highest BCUT2D eigenvalue weighted by Gasteiger charge is 2.33. The van der Waals surface area contributed by atoms with E-state index < -0.39 is 0 Å². The van der Waals surface area contributed by atoms with Gasteiger partial charge in [-0.05, 0) is 140 Å². The van der Waals surface area contributed by atoms with Crippen molar-refractivity contribution in [2.24, 2.45) is 0 Å². The van der Waals surface area contributed by atoms with E-state index >= 15 is 0 Å². The van der Waals surface area contributed by atoms with E-state index in [2.05, 4.69) is 6.07 Å². The van der Waals surface area contributed by atoms with E-state index in [9.17, 15) is 20.4 Å². The number of methoxy groups -OCH3 is 4. The Morgan fingerprint density at radius 3 is 1.74 bits per heavy atom. The van der Waals surface area contributed by atoms with Gasteiger partial charge in [0.1, 0.15) is 11.5 Å². The molecular formula is C42H48O8. The smallest absolute Gasteiger partial charge is 0.203 e. The Balaban J connectivity index is 0.000000157. The molecule has 2 atom stereocenters. The molecule has 50 heavy (non-hydrogen) atoms. The molecule has 8 heteroatoms. The van der Waals surface area contributed by atoms with Gasteiger partial charge in [-0.1, -0.05) is 18.6 Å². The van der Waals surface area contributed by atoms with E-state index in [4.69, 9.17) is 18.9 Å². The number of aryl methyl sites for hydroxylation is 3. The van der Waals surface area contributed by atoms with Gasteiger partial charge in [0.25, 0.3) is 0 Å². The Morgan fingerprint density at radius 1 is 0.500 bits per heavy atom. The highest BCUT2D eigenvalue weighted by atomic mass is 16.5. The Bertz CT molecular complexity index is 1930. The van der Waals surface area contributed by atoms with Gasteiger partial charge in [-0.25, -0.2) is 0 Å². The molecule has 0 fully saturated rings. The van der Waals surface area contributed by atoms with E-state index in [-0.39, 0.29) is 23.0 Å². The average Bonchev–Trinajstić information content (AvgIpc) is 3.53. The molecule has 0 saturated carbocycles. The minimum Gasteiger partial charge on any atom is -0.507 e. The largest absolute Gasteiger partial charge is 0.507 e. The number of ether oxygens (including phenoxy) is 4. The van der Waals surface area contributed by atoms with E-state index in [1.54, 1.807) is 26.4 Å². The van der Waals surface area contributed by atoms with Crippen LogP contribution in [0.3, 0.4) is 0 Å². The first kappa shape index (κ1) is 33.8.